The number of hydrogen-bond donors (Lipinski definition) is 1. The van der Waals surface area contributed by atoms with Crippen molar-refractivity contribution < 1.29 is 17.9 Å². The minimum Gasteiger partial charge on any atom is -0.398 e. The highest BCUT2D eigenvalue weighted by molar-refractivity contribution is 8.01. The summed E-state index contributed by atoms with van der Waals surface area (Å²) in [6.45, 7) is 0.288. The van der Waals surface area contributed by atoms with Crippen molar-refractivity contribution in [3.8, 4) is 0 Å². The van der Waals surface area contributed by atoms with E-state index >= 15 is 0 Å². The van der Waals surface area contributed by atoms with Gasteiger partial charge in [-0.25, -0.2) is 0 Å². The summed E-state index contributed by atoms with van der Waals surface area (Å²) in [4.78, 5) is 0. The Balaban J connectivity index is 2.38. The lowest BCUT2D eigenvalue weighted by atomic mass is 10.6. The predicted octanol–water partition coefficient (Wildman–Crippen LogP) is 1.42. The van der Waals surface area contributed by atoms with Gasteiger partial charge in [0.25, 0.3) is 0 Å². The monoisotopic (exact) mass is 170 g/mol. The first kappa shape index (κ1) is 7.74. The first-order chi connectivity index (χ1) is 4.58. The molecule has 0 saturated carbocycles. The molecule has 0 aliphatic carbocycles. The Labute approximate surface area is 59.6 Å². The van der Waals surface area contributed by atoms with Crippen LogP contribution in [0.4, 0.5) is 13.2 Å². The quantitative estimate of drug-likeness (QED) is 0.601. The lowest BCUT2D eigenvalue weighted by molar-refractivity contribution is -0.300. The van der Waals surface area contributed by atoms with E-state index in [0.29, 0.717) is 0 Å². The summed E-state index contributed by atoms with van der Waals surface area (Å²) in [6, 6.07) is 0. The molecule has 2 nitrogen and oxygen atoms in total. The molecule has 0 fully saturated rings. The average Bonchev–Trinajstić information content (AvgIpc) is 2.12. The van der Waals surface area contributed by atoms with Crippen LogP contribution in [0.25, 0.3) is 0 Å². The molecule has 0 aromatic carbocycles. The number of alkyl halides is 3. The maximum Gasteiger partial charge on any atom is 0.573 e. The first-order valence-electron chi connectivity index (χ1n) is 2.34. The van der Waals surface area contributed by atoms with E-state index in [1.165, 1.54) is 0 Å². The Morgan fingerprint density at radius 1 is 1.60 bits per heavy atom. The highest BCUT2D eigenvalue weighted by Crippen LogP contribution is 2.27. The third-order valence-electron chi connectivity index (χ3n) is 0.678. The molecule has 1 N–H and O–H groups in total. The van der Waals surface area contributed by atoms with Crippen LogP contribution >= 0.6 is 11.9 Å². The molecule has 1 heterocycles. The number of ether oxygens (including phenoxy) is 1. The zero-order chi connectivity index (χ0) is 7.61. The minimum absolute atomic E-state index is 0.257. The fourth-order valence-electron chi connectivity index (χ4n) is 0.408. The third-order valence-corrected chi connectivity index (χ3v) is 1.38. The van der Waals surface area contributed by atoms with Crippen LogP contribution in [0.15, 0.2) is 5.09 Å². The highest BCUT2D eigenvalue weighted by atomic mass is 32.2. The maximum absolute atomic E-state index is 11.4. The van der Waals surface area contributed by atoms with Crippen molar-refractivity contribution >= 4 is 11.9 Å². The molecule has 0 unspecified atom stereocenters. The summed E-state index contributed by atoms with van der Waals surface area (Å²) >= 11 is 0.783. The van der Waals surface area contributed by atoms with Gasteiger partial charge in [-0.05, 0) is 11.9 Å². The van der Waals surface area contributed by atoms with Gasteiger partial charge in [0.2, 0.25) is 0 Å². The van der Waals surface area contributed by atoms with Gasteiger partial charge in [-0.3, -0.25) is 4.72 Å². The molecule has 0 aromatic heterocycles. The molecule has 1 rings (SSSR count). The van der Waals surface area contributed by atoms with Gasteiger partial charge in [0.15, 0.2) is 5.09 Å². The Morgan fingerprint density at radius 2 is 2.30 bits per heavy atom. The SMILES string of the molecule is FC(F)(F)OC1=[C]CNS1. The van der Waals surface area contributed by atoms with E-state index in [0.717, 1.165) is 11.9 Å². The lowest BCUT2D eigenvalue weighted by Crippen LogP contribution is -2.11. The van der Waals surface area contributed by atoms with E-state index < -0.39 is 6.36 Å². The second-order valence-corrected chi connectivity index (χ2v) is 2.30. The minimum atomic E-state index is -4.60. The highest BCUT2D eigenvalue weighted by Gasteiger charge is 2.33. The lowest BCUT2D eigenvalue weighted by Gasteiger charge is -2.06. The molecule has 57 valence electrons. The van der Waals surface area contributed by atoms with Crippen molar-refractivity contribution in [2.75, 3.05) is 6.54 Å². The van der Waals surface area contributed by atoms with E-state index in [1.807, 2.05) is 0 Å². The van der Waals surface area contributed by atoms with E-state index in [4.69, 9.17) is 0 Å². The van der Waals surface area contributed by atoms with Gasteiger partial charge >= 0.3 is 6.36 Å². The van der Waals surface area contributed by atoms with Gasteiger partial charge in [-0.15, -0.1) is 13.2 Å². The molecule has 0 aromatic rings. The molecule has 1 aliphatic rings. The van der Waals surface area contributed by atoms with Crippen molar-refractivity contribution in [3.05, 3.63) is 11.2 Å². The molecule has 0 amide bonds. The van der Waals surface area contributed by atoms with Crippen molar-refractivity contribution in [1.82, 2.24) is 4.72 Å². The van der Waals surface area contributed by atoms with E-state index in [-0.39, 0.29) is 11.6 Å². The second-order valence-electron chi connectivity index (χ2n) is 1.44. The van der Waals surface area contributed by atoms with Crippen molar-refractivity contribution in [1.29, 1.82) is 0 Å². The Kier molecular flexibility index (Phi) is 2.10. The van der Waals surface area contributed by atoms with Crippen LogP contribution < -0.4 is 4.72 Å². The smallest absolute Gasteiger partial charge is 0.398 e. The van der Waals surface area contributed by atoms with Gasteiger partial charge in [0, 0.05) is 12.6 Å². The molecule has 0 bridgehead atoms. The normalized spacial score (nSPS) is 18.9. The third kappa shape index (κ3) is 2.49. The van der Waals surface area contributed by atoms with Crippen molar-refractivity contribution in [2.24, 2.45) is 0 Å². The fourth-order valence-corrected chi connectivity index (χ4v) is 0.964. The Morgan fingerprint density at radius 3 is 2.70 bits per heavy atom. The van der Waals surface area contributed by atoms with Crippen LogP contribution in [-0.2, 0) is 4.74 Å². The molecular weight excluding hydrogens is 167 g/mol. The number of hydrogen-bond acceptors (Lipinski definition) is 3. The number of rotatable bonds is 1. The summed E-state index contributed by atoms with van der Waals surface area (Å²) in [5.74, 6) is 0. The van der Waals surface area contributed by atoms with E-state index in [1.54, 1.807) is 0 Å². The van der Waals surface area contributed by atoms with Crippen molar-refractivity contribution in [2.45, 2.75) is 6.36 Å². The molecule has 0 saturated heterocycles. The average molecular weight is 170 g/mol. The van der Waals surface area contributed by atoms with Gasteiger partial charge in [-0.1, -0.05) is 0 Å². The molecule has 1 aliphatic heterocycles. The van der Waals surface area contributed by atoms with E-state index in [2.05, 4.69) is 15.5 Å². The predicted molar refractivity (Wildman–Crippen MR) is 29.5 cm³/mol. The molecule has 6 heteroatoms. The van der Waals surface area contributed by atoms with Crippen molar-refractivity contribution in [3.63, 3.8) is 0 Å². The van der Waals surface area contributed by atoms with Crippen LogP contribution in [0.5, 0.6) is 0 Å². The zero-order valence-electron chi connectivity index (χ0n) is 4.66. The molecule has 0 spiro atoms. The summed E-state index contributed by atoms with van der Waals surface area (Å²) in [6.07, 6.45) is -2.26. The van der Waals surface area contributed by atoms with Crippen LogP contribution in [0.1, 0.15) is 0 Å². The van der Waals surface area contributed by atoms with Crippen LogP contribution in [0, 0.1) is 6.08 Å². The van der Waals surface area contributed by atoms with Gasteiger partial charge in [-0.2, -0.15) is 0 Å². The molecule has 10 heavy (non-hydrogen) atoms. The fraction of sp³-hybridized carbons (Fsp3) is 0.500. The molecule has 1 radical (unpaired) electrons. The van der Waals surface area contributed by atoms with Gasteiger partial charge < -0.3 is 4.74 Å². The number of halogens is 3. The molecular formula is C4H3F3NOS. The summed E-state index contributed by atoms with van der Waals surface area (Å²) in [5, 5.41) is -0.257. The first-order valence-corrected chi connectivity index (χ1v) is 3.16. The van der Waals surface area contributed by atoms with Crippen LogP contribution in [-0.4, -0.2) is 12.9 Å². The zero-order valence-corrected chi connectivity index (χ0v) is 5.47. The van der Waals surface area contributed by atoms with Crippen LogP contribution in [0.3, 0.4) is 0 Å². The number of nitrogens with one attached hydrogen (secondary N) is 1. The summed E-state index contributed by atoms with van der Waals surface area (Å²) in [5.41, 5.74) is 0. The summed E-state index contributed by atoms with van der Waals surface area (Å²) in [7, 11) is 0. The van der Waals surface area contributed by atoms with Gasteiger partial charge in [0.05, 0.1) is 0 Å². The largest absolute Gasteiger partial charge is 0.573 e. The topological polar surface area (TPSA) is 21.3 Å². The maximum atomic E-state index is 11.4. The van der Waals surface area contributed by atoms with Crippen LogP contribution in [0.2, 0.25) is 0 Å². The Hall–Kier alpha value is -0.360. The van der Waals surface area contributed by atoms with Gasteiger partial charge in [0.1, 0.15) is 0 Å². The molecule has 0 atom stereocenters. The summed E-state index contributed by atoms with van der Waals surface area (Å²) < 4.78 is 40.2. The second kappa shape index (κ2) is 2.71. The standard InChI is InChI=1S/C4H3F3NOS/c5-4(6,7)9-3-1-2-8-10-3/h8H,2H2. The Bertz CT molecular complexity index is 155. The van der Waals surface area contributed by atoms with E-state index in [9.17, 15) is 13.2 Å².